The molecule has 0 aromatic carbocycles. The zero-order valence-corrected chi connectivity index (χ0v) is 14.1. The third kappa shape index (κ3) is 4.86. The molecule has 0 aromatic heterocycles. The Morgan fingerprint density at radius 3 is 2.45 bits per heavy atom. The zero-order chi connectivity index (χ0) is 14.8. The van der Waals surface area contributed by atoms with E-state index in [-0.39, 0.29) is 11.1 Å². The van der Waals surface area contributed by atoms with Crippen LogP contribution in [-0.2, 0) is 4.74 Å². The topological polar surface area (TPSA) is 49.9 Å². The monoisotopic (exact) mass is 300 g/mol. The van der Waals surface area contributed by atoms with Crippen LogP contribution in [0, 0.1) is 0 Å². The molecule has 20 heavy (non-hydrogen) atoms. The second-order valence-corrected chi connectivity index (χ2v) is 8.12. The van der Waals surface area contributed by atoms with E-state index < -0.39 is 0 Å². The molecule has 1 atom stereocenters. The summed E-state index contributed by atoms with van der Waals surface area (Å²) in [6.45, 7) is 11.0. The zero-order valence-electron chi connectivity index (χ0n) is 13.3. The predicted octanol–water partition coefficient (Wildman–Crippen LogP) is 0.913. The molecule has 0 aliphatic carbocycles. The van der Waals surface area contributed by atoms with Crippen molar-refractivity contribution in [3.8, 4) is 0 Å². The first-order valence-corrected chi connectivity index (χ1v) is 8.20. The van der Waals surface area contributed by atoms with Crippen LogP contribution in [0.3, 0.4) is 0 Å². The molecule has 5 heteroatoms. The van der Waals surface area contributed by atoms with E-state index in [1.54, 1.807) is 0 Å². The largest absolute Gasteiger partial charge is 0.376 e. The molecule has 4 N–H and O–H groups in total. The molecule has 2 saturated heterocycles. The molecule has 4 nitrogen and oxygen atoms in total. The number of nitrogens with one attached hydrogen (secondary N) is 2. The number of hydrogen-bond donors (Lipinski definition) is 3. The van der Waals surface area contributed by atoms with E-state index in [4.69, 9.17) is 17.0 Å². The van der Waals surface area contributed by atoms with E-state index in [2.05, 4.69) is 43.6 Å². The van der Waals surface area contributed by atoms with Gasteiger partial charge in [0.05, 0.1) is 17.2 Å². The molecule has 0 saturated carbocycles. The number of hydrogen-bond acceptors (Lipinski definition) is 2. The van der Waals surface area contributed by atoms with E-state index in [0.717, 1.165) is 37.5 Å². The molecule has 2 rings (SSSR count). The highest BCUT2D eigenvalue weighted by atomic mass is 32.1. The maximum Gasteiger partial charge on any atom is 0.166 e. The van der Waals surface area contributed by atoms with Gasteiger partial charge in [-0.25, -0.2) is 0 Å². The van der Waals surface area contributed by atoms with Gasteiger partial charge in [0.2, 0.25) is 0 Å². The Morgan fingerprint density at radius 2 is 1.90 bits per heavy atom. The number of thiocarbonyl (C=S) groups is 1. The quantitative estimate of drug-likeness (QED) is 0.678. The minimum Gasteiger partial charge on any atom is -0.376 e. The lowest BCUT2D eigenvalue weighted by atomic mass is 9.80. The van der Waals surface area contributed by atoms with Gasteiger partial charge in [-0.2, -0.15) is 0 Å². The summed E-state index contributed by atoms with van der Waals surface area (Å²) in [6.07, 6.45) is 4.93. The van der Waals surface area contributed by atoms with Gasteiger partial charge in [0, 0.05) is 32.0 Å². The molecule has 0 aromatic rings. The fraction of sp³-hybridized carbons (Fsp3) is 0.933. The standard InChI is InChI=1S/C15H29N3OS/c1-14(2)8-11(9-15(3,4)18-14)17-13(20)16-10-12-6-5-7-19-12/h11-12,18H,5-10H2,1-4H3,(H2,16,17,20)/p+1/t12-/m0/s1. The minimum atomic E-state index is 0.267. The fourth-order valence-corrected chi connectivity index (χ4v) is 4.12. The van der Waals surface area contributed by atoms with Gasteiger partial charge >= 0.3 is 0 Å². The summed E-state index contributed by atoms with van der Waals surface area (Å²) in [5.74, 6) is 0. The van der Waals surface area contributed by atoms with Gasteiger partial charge in [0.15, 0.2) is 5.11 Å². The normalized spacial score (nSPS) is 29.1. The van der Waals surface area contributed by atoms with Crippen molar-refractivity contribution in [3.05, 3.63) is 0 Å². The molecule has 116 valence electrons. The Labute approximate surface area is 128 Å². The molecular weight excluding hydrogens is 270 g/mol. The molecule has 0 amide bonds. The molecule has 0 unspecified atom stereocenters. The Bertz CT molecular complexity index is 335. The number of rotatable bonds is 3. The highest BCUT2D eigenvalue weighted by Gasteiger charge is 2.41. The third-order valence-electron chi connectivity index (χ3n) is 4.18. The molecule has 2 aliphatic heterocycles. The first kappa shape index (κ1) is 16.0. The van der Waals surface area contributed by atoms with Gasteiger partial charge < -0.3 is 20.7 Å². The summed E-state index contributed by atoms with van der Waals surface area (Å²) in [6, 6.07) is 0.453. The van der Waals surface area contributed by atoms with E-state index in [1.165, 1.54) is 6.42 Å². The van der Waals surface area contributed by atoms with Crippen LogP contribution < -0.4 is 16.0 Å². The van der Waals surface area contributed by atoms with Crippen LogP contribution in [-0.4, -0.2) is 41.5 Å². The van der Waals surface area contributed by atoms with Crippen molar-refractivity contribution in [1.29, 1.82) is 0 Å². The van der Waals surface area contributed by atoms with Crippen LogP contribution in [0.1, 0.15) is 53.4 Å². The van der Waals surface area contributed by atoms with Gasteiger partial charge in [0.1, 0.15) is 0 Å². The molecule has 0 bridgehead atoms. The summed E-state index contributed by atoms with van der Waals surface area (Å²) in [5, 5.41) is 10.1. The van der Waals surface area contributed by atoms with Crippen LogP contribution in [0.25, 0.3) is 0 Å². The predicted molar refractivity (Wildman–Crippen MR) is 85.8 cm³/mol. The molecule has 2 heterocycles. The SMILES string of the molecule is CC1(C)CC(NC(=S)NC[C@@H]2CCCO2)CC(C)(C)[NH2+]1. The van der Waals surface area contributed by atoms with Gasteiger partial charge in [0.25, 0.3) is 0 Å². The van der Waals surface area contributed by atoms with E-state index >= 15 is 0 Å². The summed E-state index contributed by atoms with van der Waals surface area (Å²) < 4.78 is 5.60. The summed E-state index contributed by atoms with van der Waals surface area (Å²) in [7, 11) is 0. The fourth-order valence-electron chi connectivity index (χ4n) is 3.87. The molecular formula is C15H30N3OS+. The number of piperidine rings is 1. The van der Waals surface area contributed by atoms with E-state index in [9.17, 15) is 0 Å². The average Bonchev–Trinajstić information content (AvgIpc) is 2.74. The van der Waals surface area contributed by atoms with Crippen molar-refractivity contribution in [2.75, 3.05) is 13.2 Å². The Kier molecular flexibility index (Phi) is 4.92. The van der Waals surface area contributed by atoms with Crippen molar-refractivity contribution < 1.29 is 10.1 Å². The highest BCUT2D eigenvalue weighted by Crippen LogP contribution is 2.21. The lowest BCUT2D eigenvalue weighted by Gasteiger charge is -2.43. The van der Waals surface area contributed by atoms with Gasteiger partial charge in [-0.3, -0.25) is 0 Å². The van der Waals surface area contributed by atoms with E-state index in [1.807, 2.05) is 0 Å². The molecule has 2 aliphatic rings. The average molecular weight is 300 g/mol. The van der Waals surface area contributed by atoms with Gasteiger partial charge in [-0.1, -0.05) is 0 Å². The smallest absolute Gasteiger partial charge is 0.166 e. The summed E-state index contributed by atoms with van der Waals surface area (Å²) in [5.41, 5.74) is 0.535. The van der Waals surface area contributed by atoms with Crippen LogP contribution >= 0.6 is 12.2 Å². The van der Waals surface area contributed by atoms with Crippen LogP contribution in [0.5, 0.6) is 0 Å². The lowest BCUT2D eigenvalue weighted by Crippen LogP contribution is -3.06. The van der Waals surface area contributed by atoms with Crippen LogP contribution in [0.4, 0.5) is 0 Å². The maximum absolute atomic E-state index is 5.60. The molecule has 0 spiro atoms. The maximum atomic E-state index is 5.60. The third-order valence-corrected chi connectivity index (χ3v) is 4.44. The van der Waals surface area contributed by atoms with Crippen molar-refractivity contribution in [3.63, 3.8) is 0 Å². The Balaban J connectivity index is 1.78. The second-order valence-electron chi connectivity index (χ2n) is 7.72. The van der Waals surface area contributed by atoms with Crippen molar-refractivity contribution in [1.82, 2.24) is 10.6 Å². The van der Waals surface area contributed by atoms with E-state index in [0.29, 0.717) is 12.1 Å². The van der Waals surface area contributed by atoms with Crippen LogP contribution in [0.2, 0.25) is 0 Å². The van der Waals surface area contributed by atoms with Crippen molar-refractivity contribution in [2.45, 2.75) is 76.6 Å². The summed E-state index contributed by atoms with van der Waals surface area (Å²) >= 11 is 5.43. The molecule has 0 radical (unpaired) electrons. The number of nitrogens with two attached hydrogens (primary N) is 1. The number of quaternary nitrogens is 1. The second kappa shape index (κ2) is 6.16. The van der Waals surface area contributed by atoms with Crippen LogP contribution in [0.15, 0.2) is 0 Å². The molecule has 2 fully saturated rings. The van der Waals surface area contributed by atoms with Gasteiger partial charge in [-0.15, -0.1) is 0 Å². The Morgan fingerprint density at radius 1 is 1.25 bits per heavy atom. The van der Waals surface area contributed by atoms with Crippen molar-refractivity contribution in [2.24, 2.45) is 0 Å². The minimum absolute atomic E-state index is 0.267. The Hall–Kier alpha value is -0.390. The highest BCUT2D eigenvalue weighted by molar-refractivity contribution is 7.80. The summed E-state index contributed by atoms with van der Waals surface area (Å²) in [4.78, 5) is 0. The van der Waals surface area contributed by atoms with Crippen molar-refractivity contribution >= 4 is 17.3 Å². The first-order chi connectivity index (χ1) is 9.26. The first-order valence-electron chi connectivity index (χ1n) is 7.79. The van der Waals surface area contributed by atoms with Gasteiger partial charge in [-0.05, 0) is 52.8 Å². The number of ether oxygens (including phenoxy) is 1. The lowest BCUT2D eigenvalue weighted by molar-refractivity contribution is -0.787.